The predicted molar refractivity (Wildman–Crippen MR) is 146 cm³/mol. The first-order valence-corrected chi connectivity index (χ1v) is 13.6. The number of rotatable bonds is 7. The summed E-state index contributed by atoms with van der Waals surface area (Å²) in [5.41, 5.74) is 3.09. The Morgan fingerprint density at radius 3 is 2.64 bits per heavy atom. The molecule has 1 aliphatic carbocycles. The summed E-state index contributed by atoms with van der Waals surface area (Å²) in [6, 6.07) is 3.27. The van der Waals surface area contributed by atoms with Gasteiger partial charge in [0.25, 0.3) is 11.8 Å². The first kappa shape index (κ1) is 26.2. The Balaban J connectivity index is 1.53. The van der Waals surface area contributed by atoms with Gasteiger partial charge in [-0.15, -0.1) is 16.4 Å². The molecule has 3 amide bonds. The minimum Gasteiger partial charge on any atom is -0.388 e. The molecule has 0 bridgehead atoms. The quantitative estimate of drug-likeness (QED) is 0.267. The highest BCUT2D eigenvalue weighted by Gasteiger charge is 2.23. The SMILES string of the molecule is CCNC(=O)Nc1cc(-c2nc(C)c(C(=O)NC3CCCCC3)s2)c(-c2cncc(-c3n[nH]c(=O)o3)c2)cn1. The summed E-state index contributed by atoms with van der Waals surface area (Å²) in [4.78, 5) is 50.7. The molecule has 0 unspecified atom stereocenters. The summed E-state index contributed by atoms with van der Waals surface area (Å²) in [5.74, 6) is -0.374. The van der Waals surface area contributed by atoms with Crippen LogP contribution in [0.4, 0.5) is 10.6 Å². The Bertz CT molecular complexity index is 1550. The molecule has 13 heteroatoms. The maximum atomic E-state index is 13.1. The van der Waals surface area contributed by atoms with E-state index in [1.54, 1.807) is 24.5 Å². The van der Waals surface area contributed by atoms with Crippen molar-refractivity contribution in [3.05, 3.63) is 51.8 Å². The second-order valence-corrected chi connectivity index (χ2v) is 10.2. The van der Waals surface area contributed by atoms with Gasteiger partial charge in [0.2, 0.25) is 0 Å². The molecule has 0 aromatic carbocycles. The number of carbonyl (C=O) groups is 2. The zero-order chi connectivity index (χ0) is 27.4. The van der Waals surface area contributed by atoms with Crippen LogP contribution in [-0.2, 0) is 0 Å². The van der Waals surface area contributed by atoms with E-state index < -0.39 is 5.76 Å². The van der Waals surface area contributed by atoms with Crippen molar-refractivity contribution in [3.63, 3.8) is 0 Å². The van der Waals surface area contributed by atoms with Crippen molar-refractivity contribution in [2.75, 3.05) is 11.9 Å². The third-order valence-electron chi connectivity index (χ3n) is 6.39. The normalized spacial score (nSPS) is 13.7. The molecule has 4 aromatic heterocycles. The molecule has 0 radical (unpaired) electrons. The number of amides is 3. The first-order chi connectivity index (χ1) is 18.9. The summed E-state index contributed by atoms with van der Waals surface area (Å²) >= 11 is 1.28. The van der Waals surface area contributed by atoms with E-state index in [1.807, 2.05) is 13.8 Å². The fraction of sp³-hybridized carbons (Fsp3) is 0.346. The van der Waals surface area contributed by atoms with Crippen molar-refractivity contribution in [2.24, 2.45) is 0 Å². The molecule has 1 aliphatic rings. The van der Waals surface area contributed by atoms with Crippen molar-refractivity contribution < 1.29 is 14.0 Å². The van der Waals surface area contributed by atoms with Crippen LogP contribution in [0, 0.1) is 6.92 Å². The number of pyridine rings is 2. The maximum absolute atomic E-state index is 13.1. The Morgan fingerprint density at radius 2 is 1.90 bits per heavy atom. The number of hydrogen-bond acceptors (Lipinski definition) is 9. The van der Waals surface area contributed by atoms with Gasteiger partial charge in [0, 0.05) is 47.9 Å². The van der Waals surface area contributed by atoms with E-state index in [2.05, 4.69) is 36.1 Å². The lowest BCUT2D eigenvalue weighted by Gasteiger charge is -2.22. The van der Waals surface area contributed by atoms with Gasteiger partial charge in [-0.2, -0.15) is 0 Å². The molecule has 1 saturated carbocycles. The summed E-state index contributed by atoms with van der Waals surface area (Å²) in [7, 11) is 0. The van der Waals surface area contributed by atoms with Crippen molar-refractivity contribution in [2.45, 2.75) is 52.0 Å². The number of hydrogen-bond donors (Lipinski definition) is 4. The molecule has 5 rings (SSSR count). The average Bonchev–Trinajstić information content (AvgIpc) is 3.55. The monoisotopic (exact) mass is 548 g/mol. The van der Waals surface area contributed by atoms with Crippen LogP contribution < -0.4 is 21.7 Å². The number of nitrogens with zero attached hydrogens (tertiary/aromatic N) is 4. The number of anilines is 1. The maximum Gasteiger partial charge on any atom is 0.434 e. The molecule has 4 N–H and O–H groups in total. The van der Waals surface area contributed by atoms with Crippen LogP contribution >= 0.6 is 11.3 Å². The van der Waals surface area contributed by atoms with Gasteiger partial charge in [0.05, 0.1) is 11.3 Å². The second kappa shape index (κ2) is 11.6. The number of aryl methyl sites for hydroxylation is 1. The molecule has 202 valence electrons. The van der Waals surface area contributed by atoms with Crippen molar-refractivity contribution in [1.82, 2.24) is 35.8 Å². The lowest BCUT2D eigenvalue weighted by atomic mass is 9.95. The largest absolute Gasteiger partial charge is 0.434 e. The topological polar surface area (TPSA) is 168 Å². The average molecular weight is 549 g/mol. The lowest BCUT2D eigenvalue weighted by Crippen LogP contribution is -2.36. The van der Waals surface area contributed by atoms with E-state index in [1.165, 1.54) is 24.0 Å². The van der Waals surface area contributed by atoms with E-state index in [9.17, 15) is 14.4 Å². The number of nitrogens with one attached hydrogen (secondary N) is 4. The van der Waals surface area contributed by atoms with Crippen LogP contribution in [0.2, 0.25) is 0 Å². The molecular weight excluding hydrogens is 520 g/mol. The Morgan fingerprint density at radius 1 is 1.10 bits per heavy atom. The van der Waals surface area contributed by atoms with E-state index in [4.69, 9.17) is 9.40 Å². The number of aromatic amines is 1. The van der Waals surface area contributed by atoms with Crippen LogP contribution in [0.15, 0.2) is 39.9 Å². The first-order valence-electron chi connectivity index (χ1n) is 12.8. The van der Waals surface area contributed by atoms with E-state index in [0.717, 1.165) is 25.7 Å². The Labute approximate surface area is 227 Å². The van der Waals surface area contributed by atoms with Gasteiger partial charge in [0.15, 0.2) is 0 Å². The molecule has 0 aliphatic heterocycles. The van der Waals surface area contributed by atoms with Gasteiger partial charge in [-0.05, 0) is 38.8 Å². The molecular formula is C26H28N8O4S. The summed E-state index contributed by atoms with van der Waals surface area (Å²) in [6.07, 6.45) is 10.2. The van der Waals surface area contributed by atoms with Crippen LogP contribution in [0.1, 0.15) is 54.4 Å². The molecule has 1 fully saturated rings. The van der Waals surface area contributed by atoms with Crippen molar-refractivity contribution >= 4 is 29.1 Å². The summed E-state index contributed by atoms with van der Waals surface area (Å²) in [6.45, 7) is 4.09. The zero-order valence-electron chi connectivity index (χ0n) is 21.5. The molecule has 39 heavy (non-hydrogen) atoms. The lowest BCUT2D eigenvalue weighted by molar-refractivity contribution is 0.0931. The standard InChI is InChI=1S/C26H28N8O4S/c1-3-28-25(36)32-20-10-18(24-30-14(2)21(39-24)22(35)31-17-7-5-4-6-8-17)19(13-29-20)15-9-16(12-27-11-15)23-33-34-26(37)38-23/h9-13,17H,3-8H2,1-2H3,(H,31,35)(H,34,37)(H2,28,29,32,36). The van der Waals surface area contributed by atoms with Gasteiger partial charge < -0.3 is 15.1 Å². The van der Waals surface area contributed by atoms with Crippen molar-refractivity contribution in [3.8, 4) is 33.2 Å². The van der Waals surface area contributed by atoms with Gasteiger partial charge in [-0.1, -0.05) is 19.3 Å². The number of thiazole rings is 1. The van der Waals surface area contributed by atoms with Gasteiger partial charge in [0.1, 0.15) is 15.7 Å². The molecule has 0 spiro atoms. The minimum atomic E-state index is -0.671. The minimum absolute atomic E-state index is 0.102. The van der Waals surface area contributed by atoms with Crippen LogP contribution in [0.25, 0.3) is 33.2 Å². The van der Waals surface area contributed by atoms with Crippen LogP contribution in [0.3, 0.4) is 0 Å². The Hall–Kier alpha value is -4.39. The smallest absolute Gasteiger partial charge is 0.388 e. The fourth-order valence-electron chi connectivity index (χ4n) is 4.53. The summed E-state index contributed by atoms with van der Waals surface area (Å²) < 4.78 is 5.08. The summed E-state index contributed by atoms with van der Waals surface area (Å²) in [5, 5.41) is 15.3. The predicted octanol–water partition coefficient (Wildman–Crippen LogP) is 4.12. The zero-order valence-corrected chi connectivity index (χ0v) is 22.4. The number of H-pyrrole nitrogens is 1. The van der Waals surface area contributed by atoms with Gasteiger partial charge in [-0.3, -0.25) is 15.1 Å². The molecule has 12 nitrogen and oxygen atoms in total. The Kier molecular flexibility index (Phi) is 7.77. The number of urea groups is 1. The van der Waals surface area contributed by atoms with E-state index in [-0.39, 0.29) is 23.9 Å². The highest BCUT2D eigenvalue weighted by Crippen LogP contribution is 2.37. The van der Waals surface area contributed by atoms with Crippen LogP contribution in [0.5, 0.6) is 0 Å². The van der Waals surface area contributed by atoms with E-state index >= 15 is 0 Å². The molecule has 4 heterocycles. The molecule has 4 aromatic rings. The highest BCUT2D eigenvalue weighted by atomic mass is 32.1. The second-order valence-electron chi connectivity index (χ2n) is 9.22. The van der Waals surface area contributed by atoms with Gasteiger partial charge in [-0.25, -0.2) is 24.7 Å². The highest BCUT2D eigenvalue weighted by molar-refractivity contribution is 7.17. The third kappa shape index (κ3) is 6.03. The fourth-order valence-corrected chi connectivity index (χ4v) is 5.53. The third-order valence-corrected chi connectivity index (χ3v) is 7.58. The van der Waals surface area contributed by atoms with Crippen molar-refractivity contribution in [1.29, 1.82) is 0 Å². The van der Waals surface area contributed by atoms with Crippen LogP contribution in [-0.4, -0.2) is 49.7 Å². The van der Waals surface area contributed by atoms with Gasteiger partial charge >= 0.3 is 11.8 Å². The molecule has 0 saturated heterocycles. The number of carbonyl (C=O) groups excluding carboxylic acids is 2. The van der Waals surface area contributed by atoms with E-state index in [0.29, 0.717) is 50.2 Å². The number of aromatic nitrogens is 5. The molecule has 0 atom stereocenters.